The lowest BCUT2D eigenvalue weighted by molar-refractivity contribution is -0.122. The van der Waals surface area contributed by atoms with Crippen molar-refractivity contribution in [2.24, 2.45) is 0 Å². The molecule has 6 heteroatoms. The Morgan fingerprint density at radius 1 is 1.35 bits per heavy atom. The minimum absolute atomic E-state index is 0.0113. The summed E-state index contributed by atoms with van der Waals surface area (Å²) in [7, 11) is -3.68. The number of Topliss-reactive ketones (excluding diaryl/α,β-unsaturated/α-hetero) is 1. The summed E-state index contributed by atoms with van der Waals surface area (Å²) in [5, 5.41) is -0.0113. The van der Waals surface area contributed by atoms with E-state index in [1.54, 1.807) is 26.0 Å². The SMILES string of the molecule is CC1(C)C(=O)CCN1S(=O)(=O)c1ccccn1. The van der Waals surface area contributed by atoms with E-state index in [9.17, 15) is 13.2 Å². The highest BCUT2D eigenvalue weighted by molar-refractivity contribution is 7.89. The Hall–Kier alpha value is -1.27. The van der Waals surface area contributed by atoms with Crippen LogP contribution in [0.3, 0.4) is 0 Å². The Morgan fingerprint density at radius 3 is 2.53 bits per heavy atom. The van der Waals surface area contributed by atoms with E-state index >= 15 is 0 Å². The molecule has 2 heterocycles. The molecule has 0 aliphatic carbocycles. The second-order valence-electron chi connectivity index (χ2n) is 4.48. The molecule has 92 valence electrons. The third kappa shape index (κ3) is 1.87. The fraction of sp³-hybridized carbons (Fsp3) is 0.455. The van der Waals surface area contributed by atoms with Crippen LogP contribution in [0.4, 0.5) is 0 Å². The van der Waals surface area contributed by atoms with Gasteiger partial charge in [0.1, 0.15) is 0 Å². The molecule has 0 amide bonds. The number of pyridine rings is 1. The molecule has 0 bridgehead atoms. The third-order valence-electron chi connectivity index (χ3n) is 3.04. The van der Waals surface area contributed by atoms with Crippen LogP contribution in [0.25, 0.3) is 0 Å². The van der Waals surface area contributed by atoms with Gasteiger partial charge in [0.15, 0.2) is 10.8 Å². The fourth-order valence-corrected chi connectivity index (χ4v) is 3.67. The summed E-state index contributed by atoms with van der Waals surface area (Å²) >= 11 is 0. The molecule has 1 aliphatic rings. The monoisotopic (exact) mass is 254 g/mol. The van der Waals surface area contributed by atoms with Crippen molar-refractivity contribution in [1.82, 2.24) is 9.29 Å². The molecule has 1 saturated heterocycles. The molecular formula is C11H14N2O3S. The van der Waals surface area contributed by atoms with Gasteiger partial charge in [0.2, 0.25) is 0 Å². The van der Waals surface area contributed by atoms with Crippen molar-refractivity contribution >= 4 is 15.8 Å². The predicted molar refractivity (Wildman–Crippen MR) is 61.8 cm³/mol. The largest absolute Gasteiger partial charge is 0.298 e. The van der Waals surface area contributed by atoms with Gasteiger partial charge in [0, 0.05) is 19.2 Å². The van der Waals surface area contributed by atoms with E-state index in [2.05, 4.69) is 4.98 Å². The molecule has 0 saturated carbocycles. The molecule has 1 aromatic rings. The lowest BCUT2D eigenvalue weighted by Crippen LogP contribution is -2.46. The van der Waals surface area contributed by atoms with Crippen molar-refractivity contribution < 1.29 is 13.2 Å². The topological polar surface area (TPSA) is 67.3 Å². The zero-order valence-corrected chi connectivity index (χ0v) is 10.6. The lowest BCUT2D eigenvalue weighted by Gasteiger charge is -2.28. The van der Waals surface area contributed by atoms with Crippen molar-refractivity contribution in [2.45, 2.75) is 30.8 Å². The van der Waals surface area contributed by atoms with Crippen molar-refractivity contribution in [3.05, 3.63) is 24.4 Å². The number of hydrogen-bond acceptors (Lipinski definition) is 4. The summed E-state index contributed by atoms with van der Waals surface area (Å²) in [6.45, 7) is 3.48. The van der Waals surface area contributed by atoms with Crippen LogP contribution < -0.4 is 0 Å². The molecule has 0 atom stereocenters. The van der Waals surface area contributed by atoms with Crippen LogP contribution in [0, 0.1) is 0 Å². The number of ketones is 1. The standard InChI is InChI=1S/C11H14N2O3S/c1-11(2)9(14)6-8-13(11)17(15,16)10-5-3-4-7-12-10/h3-5,7H,6,8H2,1-2H3. The van der Waals surface area contributed by atoms with Gasteiger partial charge in [-0.15, -0.1) is 0 Å². The first-order valence-corrected chi connectivity index (χ1v) is 6.78. The average molecular weight is 254 g/mol. The highest BCUT2D eigenvalue weighted by Crippen LogP contribution is 2.30. The van der Waals surface area contributed by atoms with Crippen molar-refractivity contribution in [2.75, 3.05) is 6.54 Å². The van der Waals surface area contributed by atoms with Crippen LogP contribution in [0.2, 0.25) is 0 Å². The van der Waals surface area contributed by atoms with Gasteiger partial charge in [0.25, 0.3) is 10.0 Å². The van der Waals surface area contributed by atoms with Gasteiger partial charge in [-0.25, -0.2) is 13.4 Å². The van der Waals surface area contributed by atoms with E-state index in [0.717, 1.165) is 0 Å². The molecule has 1 fully saturated rings. The second kappa shape index (κ2) is 3.89. The molecule has 0 N–H and O–H groups in total. The Bertz CT molecular complexity index is 537. The molecule has 0 radical (unpaired) electrons. The Labute approximate surface area is 101 Å². The van der Waals surface area contributed by atoms with Crippen LogP contribution in [-0.2, 0) is 14.8 Å². The molecule has 0 spiro atoms. The first-order valence-electron chi connectivity index (χ1n) is 5.34. The minimum atomic E-state index is -3.68. The maximum atomic E-state index is 12.3. The van der Waals surface area contributed by atoms with Gasteiger partial charge in [-0.1, -0.05) is 6.07 Å². The zero-order valence-electron chi connectivity index (χ0n) is 9.75. The summed E-state index contributed by atoms with van der Waals surface area (Å²) in [4.78, 5) is 15.5. The predicted octanol–water partition coefficient (Wildman–Crippen LogP) is 0.824. The summed E-state index contributed by atoms with van der Waals surface area (Å²) in [5.41, 5.74) is -0.976. The highest BCUT2D eigenvalue weighted by Gasteiger charge is 2.47. The van der Waals surface area contributed by atoms with E-state index in [4.69, 9.17) is 0 Å². The molecule has 17 heavy (non-hydrogen) atoms. The Kier molecular flexibility index (Phi) is 2.79. The van der Waals surface area contributed by atoms with Gasteiger partial charge in [-0.3, -0.25) is 4.79 Å². The van der Waals surface area contributed by atoms with Crippen molar-refractivity contribution in [3.63, 3.8) is 0 Å². The maximum absolute atomic E-state index is 12.3. The number of carbonyl (C=O) groups excluding carboxylic acids is 1. The van der Waals surface area contributed by atoms with Crippen LogP contribution >= 0.6 is 0 Å². The highest BCUT2D eigenvalue weighted by atomic mass is 32.2. The first kappa shape index (κ1) is 12.2. The van der Waals surface area contributed by atoms with E-state index < -0.39 is 15.6 Å². The summed E-state index contributed by atoms with van der Waals surface area (Å²) in [5.74, 6) is -0.0583. The molecule has 0 aromatic carbocycles. The van der Waals surface area contributed by atoms with Crippen molar-refractivity contribution in [3.8, 4) is 0 Å². The Morgan fingerprint density at radius 2 is 2.06 bits per heavy atom. The number of aromatic nitrogens is 1. The van der Waals surface area contributed by atoms with Gasteiger partial charge in [-0.05, 0) is 26.0 Å². The van der Waals surface area contributed by atoms with E-state index in [0.29, 0.717) is 0 Å². The first-order chi connectivity index (χ1) is 7.87. The molecule has 2 rings (SSSR count). The fourth-order valence-electron chi connectivity index (χ4n) is 1.96. The average Bonchev–Trinajstić information content (AvgIpc) is 2.55. The molecular weight excluding hydrogens is 240 g/mol. The van der Waals surface area contributed by atoms with Gasteiger partial charge < -0.3 is 0 Å². The van der Waals surface area contributed by atoms with E-state index in [1.807, 2.05) is 0 Å². The maximum Gasteiger partial charge on any atom is 0.261 e. The normalized spacial score (nSPS) is 20.7. The lowest BCUT2D eigenvalue weighted by atomic mass is 10.0. The van der Waals surface area contributed by atoms with Crippen LogP contribution in [0.1, 0.15) is 20.3 Å². The molecule has 1 aliphatic heterocycles. The number of carbonyl (C=O) groups is 1. The third-order valence-corrected chi connectivity index (χ3v) is 5.03. The van der Waals surface area contributed by atoms with Crippen LogP contribution in [-0.4, -0.2) is 35.6 Å². The molecule has 0 unspecified atom stereocenters. The van der Waals surface area contributed by atoms with Crippen LogP contribution in [0.15, 0.2) is 29.4 Å². The number of sulfonamides is 1. The number of hydrogen-bond donors (Lipinski definition) is 0. The second-order valence-corrected chi connectivity index (χ2v) is 6.29. The van der Waals surface area contributed by atoms with Crippen LogP contribution in [0.5, 0.6) is 0 Å². The summed E-state index contributed by atoms with van der Waals surface area (Å²) < 4.78 is 25.8. The molecule has 1 aromatic heterocycles. The number of nitrogens with zero attached hydrogens (tertiary/aromatic N) is 2. The van der Waals surface area contributed by atoms with Gasteiger partial charge >= 0.3 is 0 Å². The minimum Gasteiger partial charge on any atom is -0.298 e. The van der Waals surface area contributed by atoms with Gasteiger partial charge in [0.05, 0.1) is 5.54 Å². The zero-order chi connectivity index (χ0) is 12.7. The quantitative estimate of drug-likeness (QED) is 0.783. The van der Waals surface area contributed by atoms with Gasteiger partial charge in [-0.2, -0.15) is 4.31 Å². The smallest absolute Gasteiger partial charge is 0.261 e. The summed E-state index contributed by atoms with van der Waals surface area (Å²) in [6.07, 6.45) is 1.69. The molecule has 5 nitrogen and oxygen atoms in total. The number of rotatable bonds is 2. The van der Waals surface area contributed by atoms with E-state index in [-0.39, 0.29) is 23.8 Å². The Balaban J connectivity index is 2.45. The summed E-state index contributed by atoms with van der Waals surface area (Å²) in [6, 6.07) is 4.71. The van der Waals surface area contributed by atoms with E-state index in [1.165, 1.54) is 16.6 Å². The van der Waals surface area contributed by atoms with Crippen molar-refractivity contribution in [1.29, 1.82) is 0 Å².